The minimum Gasteiger partial charge on any atom is -0.309 e. The Morgan fingerprint density at radius 3 is 2.88 bits per heavy atom. The van der Waals surface area contributed by atoms with Crippen LogP contribution >= 0.6 is 11.8 Å². The van der Waals surface area contributed by atoms with Gasteiger partial charge in [0.05, 0.1) is 23.9 Å². The number of rotatable bonds is 7. The van der Waals surface area contributed by atoms with Gasteiger partial charge in [-0.1, -0.05) is 23.9 Å². The highest BCUT2D eigenvalue weighted by Crippen LogP contribution is 2.39. The SMILES string of the molecule is Cn1c(SCC(=O)N(CCC#N)c2ccccc2F)nnc1C1CC1. The number of carbonyl (C=O) groups excluding carboxylic acids is 1. The summed E-state index contributed by atoms with van der Waals surface area (Å²) in [7, 11) is 1.89. The molecule has 0 N–H and O–H groups in total. The molecule has 0 aliphatic heterocycles. The van der Waals surface area contributed by atoms with Gasteiger partial charge >= 0.3 is 0 Å². The van der Waals surface area contributed by atoms with E-state index in [1.54, 1.807) is 18.2 Å². The van der Waals surface area contributed by atoms with Crippen LogP contribution in [0.2, 0.25) is 0 Å². The van der Waals surface area contributed by atoms with Gasteiger partial charge in [0.25, 0.3) is 0 Å². The van der Waals surface area contributed by atoms with Crippen LogP contribution in [0.5, 0.6) is 0 Å². The Hall–Kier alpha value is -2.40. The number of amides is 1. The third kappa shape index (κ3) is 3.99. The molecule has 0 bridgehead atoms. The first kappa shape index (κ1) is 17.4. The zero-order valence-corrected chi connectivity index (χ0v) is 14.7. The lowest BCUT2D eigenvalue weighted by molar-refractivity contribution is -0.116. The summed E-state index contributed by atoms with van der Waals surface area (Å²) in [5, 5.41) is 17.8. The van der Waals surface area contributed by atoms with Gasteiger partial charge in [0.2, 0.25) is 5.91 Å². The average Bonchev–Trinajstić information content (AvgIpc) is 3.38. The monoisotopic (exact) mass is 359 g/mol. The molecule has 8 heteroatoms. The summed E-state index contributed by atoms with van der Waals surface area (Å²) < 4.78 is 16.0. The van der Waals surface area contributed by atoms with E-state index in [1.807, 2.05) is 17.7 Å². The lowest BCUT2D eigenvalue weighted by Crippen LogP contribution is -2.34. The van der Waals surface area contributed by atoms with Crippen LogP contribution in [-0.2, 0) is 11.8 Å². The Labute approximate surface area is 149 Å². The molecule has 0 radical (unpaired) electrons. The molecule has 1 aliphatic rings. The molecule has 0 spiro atoms. The standard InChI is InChI=1S/C17H18FN5OS/c1-22-16(12-7-8-12)20-21-17(22)25-11-15(24)23(10-4-9-19)14-6-3-2-5-13(14)18/h2-3,5-6,12H,4,7-8,10-11H2,1H3. The molecule has 130 valence electrons. The molecule has 1 saturated carbocycles. The first-order valence-corrected chi connectivity index (χ1v) is 9.04. The topological polar surface area (TPSA) is 74.8 Å². The summed E-state index contributed by atoms with van der Waals surface area (Å²) in [5.74, 6) is 0.796. The third-order valence-corrected chi connectivity index (χ3v) is 5.03. The number of para-hydroxylation sites is 1. The van der Waals surface area contributed by atoms with E-state index >= 15 is 0 Å². The van der Waals surface area contributed by atoms with E-state index in [0.29, 0.717) is 11.1 Å². The number of hydrogen-bond donors (Lipinski definition) is 0. The van der Waals surface area contributed by atoms with Crippen molar-refractivity contribution in [3.05, 3.63) is 35.9 Å². The van der Waals surface area contributed by atoms with Crippen LogP contribution in [0.4, 0.5) is 10.1 Å². The number of thioether (sulfide) groups is 1. The Balaban J connectivity index is 1.70. The first-order chi connectivity index (χ1) is 12.1. The number of hydrogen-bond acceptors (Lipinski definition) is 5. The van der Waals surface area contributed by atoms with Crippen LogP contribution in [0.15, 0.2) is 29.4 Å². The highest BCUT2D eigenvalue weighted by Gasteiger charge is 2.29. The van der Waals surface area contributed by atoms with Gasteiger partial charge in [-0.2, -0.15) is 5.26 Å². The van der Waals surface area contributed by atoms with Crippen LogP contribution in [-0.4, -0.2) is 33.0 Å². The third-order valence-electron chi connectivity index (χ3n) is 4.03. The largest absolute Gasteiger partial charge is 0.309 e. The smallest absolute Gasteiger partial charge is 0.237 e. The fraction of sp³-hybridized carbons (Fsp3) is 0.412. The molecule has 0 atom stereocenters. The number of anilines is 1. The molecule has 0 unspecified atom stereocenters. The van der Waals surface area contributed by atoms with Crippen LogP contribution < -0.4 is 4.90 Å². The van der Waals surface area contributed by atoms with Gasteiger partial charge in [-0.15, -0.1) is 10.2 Å². The Bertz CT molecular complexity index is 812. The van der Waals surface area contributed by atoms with Crippen molar-refractivity contribution in [2.75, 3.05) is 17.2 Å². The number of nitrogens with zero attached hydrogens (tertiary/aromatic N) is 5. The zero-order chi connectivity index (χ0) is 17.8. The lowest BCUT2D eigenvalue weighted by atomic mass is 10.2. The summed E-state index contributed by atoms with van der Waals surface area (Å²) in [6.45, 7) is 0.156. The van der Waals surface area contributed by atoms with Crippen molar-refractivity contribution in [2.24, 2.45) is 7.05 Å². The molecular formula is C17H18FN5OS. The summed E-state index contributed by atoms with van der Waals surface area (Å²) in [6, 6.07) is 8.09. The van der Waals surface area contributed by atoms with Crippen molar-refractivity contribution in [1.29, 1.82) is 5.26 Å². The minimum absolute atomic E-state index is 0.108. The van der Waals surface area contributed by atoms with E-state index < -0.39 is 5.82 Å². The predicted octanol–water partition coefficient (Wildman–Crippen LogP) is 2.87. The van der Waals surface area contributed by atoms with E-state index in [4.69, 9.17) is 5.26 Å². The van der Waals surface area contributed by atoms with Crippen molar-refractivity contribution in [3.8, 4) is 6.07 Å². The number of carbonyl (C=O) groups is 1. The van der Waals surface area contributed by atoms with Crippen molar-refractivity contribution in [3.63, 3.8) is 0 Å². The van der Waals surface area contributed by atoms with Crippen LogP contribution in [0.1, 0.15) is 31.0 Å². The van der Waals surface area contributed by atoms with Gasteiger partial charge < -0.3 is 9.47 Å². The van der Waals surface area contributed by atoms with Gasteiger partial charge in [0.15, 0.2) is 5.16 Å². The Morgan fingerprint density at radius 1 is 1.44 bits per heavy atom. The van der Waals surface area contributed by atoms with E-state index in [-0.39, 0.29) is 30.3 Å². The van der Waals surface area contributed by atoms with Crippen molar-refractivity contribution < 1.29 is 9.18 Å². The molecule has 0 saturated heterocycles. The number of nitriles is 1. The Morgan fingerprint density at radius 2 is 2.20 bits per heavy atom. The maximum absolute atomic E-state index is 14.0. The van der Waals surface area contributed by atoms with E-state index in [0.717, 1.165) is 18.7 Å². The molecule has 1 aromatic heterocycles. The molecule has 1 fully saturated rings. The molecule has 1 amide bonds. The zero-order valence-electron chi connectivity index (χ0n) is 13.9. The predicted molar refractivity (Wildman–Crippen MR) is 92.7 cm³/mol. The molecule has 6 nitrogen and oxygen atoms in total. The van der Waals surface area contributed by atoms with Gasteiger partial charge in [-0.25, -0.2) is 4.39 Å². The molecule has 1 heterocycles. The van der Waals surface area contributed by atoms with E-state index in [2.05, 4.69) is 10.2 Å². The van der Waals surface area contributed by atoms with Gasteiger partial charge in [-0.05, 0) is 25.0 Å². The highest BCUT2D eigenvalue weighted by atomic mass is 32.2. The molecule has 1 aliphatic carbocycles. The van der Waals surface area contributed by atoms with Crippen molar-refractivity contribution in [1.82, 2.24) is 14.8 Å². The number of aromatic nitrogens is 3. The maximum Gasteiger partial charge on any atom is 0.237 e. The second-order valence-electron chi connectivity index (χ2n) is 5.87. The molecule has 3 rings (SSSR count). The fourth-order valence-corrected chi connectivity index (χ4v) is 3.36. The lowest BCUT2D eigenvalue weighted by Gasteiger charge is -2.22. The van der Waals surface area contributed by atoms with E-state index in [9.17, 15) is 9.18 Å². The summed E-state index contributed by atoms with van der Waals surface area (Å²) in [4.78, 5) is 13.9. The van der Waals surface area contributed by atoms with Crippen molar-refractivity contribution >= 4 is 23.4 Å². The molecule has 25 heavy (non-hydrogen) atoms. The molecular weight excluding hydrogens is 341 g/mol. The van der Waals surface area contributed by atoms with Gasteiger partial charge in [0, 0.05) is 19.5 Å². The van der Waals surface area contributed by atoms with Crippen LogP contribution in [0.3, 0.4) is 0 Å². The Kier molecular flexibility index (Phi) is 5.34. The molecule has 1 aromatic carbocycles. The second-order valence-corrected chi connectivity index (χ2v) is 6.81. The van der Waals surface area contributed by atoms with Crippen molar-refractivity contribution in [2.45, 2.75) is 30.3 Å². The van der Waals surface area contributed by atoms with Crippen LogP contribution in [0.25, 0.3) is 0 Å². The minimum atomic E-state index is -0.478. The number of halogens is 1. The highest BCUT2D eigenvalue weighted by molar-refractivity contribution is 7.99. The summed E-state index contributed by atoms with van der Waals surface area (Å²) >= 11 is 1.28. The van der Waals surface area contributed by atoms with E-state index in [1.165, 1.54) is 22.7 Å². The van der Waals surface area contributed by atoms with Crippen LogP contribution in [0, 0.1) is 17.1 Å². The molecule has 2 aromatic rings. The van der Waals surface area contributed by atoms with Gasteiger partial charge in [-0.3, -0.25) is 4.79 Å². The number of benzene rings is 1. The second kappa shape index (κ2) is 7.66. The first-order valence-electron chi connectivity index (χ1n) is 8.05. The summed E-state index contributed by atoms with van der Waals surface area (Å²) in [5.41, 5.74) is 0.194. The fourth-order valence-electron chi connectivity index (χ4n) is 2.57. The maximum atomic E-state index is 14.0. The average molecular weight is 359 g/mol. The van der Waals surface area contributed by atoms with Gasteiger partial charge in [0.1, 0.15) is 11.6 Å². The normalized spacial score (nSPS) is 13.5. The summed E-state index contributed by atoms with van der Waals surface area (Å²) in [6.07, 6.45) is 2.40. The quantitative estimate of drug-likeness (QED) is 0.711.